The van der Waals surface area contributed by atoms with E-state index in [1.54, 1.807) is 6.07 Å². The van der Waals surface area contributed by atoms with Crippen LogP contribution in [0.4, 0.5) is 5.69 Å². The van der Waals surface area contributed by atoms with E-state index in [2.05, 4.69) is 39.6 Å². The third kappa shape index (κ3) is 3.55. The Kier molecular flexibility index (Phi) is 4.65. The van der Waals surface area contributed by atoms with Gasteiger partial charge in [0.2, 0.25) is 0 Å². The number of amides is 1. The molecule has 0 saturated heterocycles. The summed E-state index contributed by atoms with van der Waals surface area (Å²) in [7, 11) is 0. The highest BCUT2D eigenvalue weighted by Crippen LogP contribution is 2.26. The summed E-state index contributed by atoms with van der Waals surface area (Å²) in [5, 5.41) is 6.76. The van der Waals surface area contributed by atoms with Crippen molar-refractivity contribution in [3.63, 3.8) is 0 Å². The van der Waals surface area contributed by atoms with Crippen LogP contribution in [0, 0.1) is 0 Å². The van der Waals surface area contributed by atoms with Gasteiger partial charge in [0, 0.05) is 37.3 Å². The molecule has 2 aromatic rings. The molecule has 0 bridgehead atoms. The van der Waals surface area contributed by atoms with Crippen LogP contribution >= 0.6 is 0 Å². The molecule has 122 valence electrons. The number of hydrogen-bond donors (Lipinski definition) is 1. The highest BCUT2D eigenvalue weighted by Gasteiger charge is 2.17. The van der Waals surface area contributed by atoms with Gasteiger partial charge in [-0.1, -0.05) is 37.2 Å². The number of para-hydroxylation sites is 1. The lowest BCUT2D eigenvalue weighted by Crippen LogP contribution is -2.37. The number of hydrogen-bond acceptors (Lipinski definition) is 4. The van der Waals surface area contributed by atoms with Gasteiger partial charge in [-0.05, 0) is 24.5 Å². The minimum Gasteiger partial charge on any atom is -0.370 e. The van der Waals surface area contributed by atoms with Gasteiger partial charge in [0.05, 0.1) is 0 Å². The molecule has 5 nitrogen and oxygen atoms in total. The third-order valence-corrected chi connectivity index (χ3v) is 4.20. The van der Waals surface area contributed by atoms with Crippen molar-refractivity contribution in [2.45, 2.75) is 32.6 Å². The van der Waals surface area contributed by atoms with E-state index in [0.717, 1.165) is 31.7 Å². The number of nitrogens with zero attached hydrogens (tertiary/aromatic N) is 2. The molecule has 0 atom stereocenters. The van der Waals surface area contributed by atoms with E-state index < -0.39 is 0 Å². The molecule has 0 fully saturated rings. The van der Waals surface area contributed by atoms with Gasteiger partial charge in [-0.2, -0.15) is 0 Å². The Balaban J connectivity index is 1.54. The lowest BCUT2D eigenvalue weighted by atomic mass is 10.0. The molecule has 0 spiro atoms. The number of benzene rings is 1. The van der Waals surface area contributed by atoms with Crippen LogP contribution < -0.4 is 10.2 Å². The molecule has 1 aromatic heterocycles. The fourth-order valence-electron chi connectivity index (χ4n) is 2.91. The Hall–Kier alpha value is -2.30. The van der Waals surface area contributed by atoms with E-state index in [0.29, 0.717) is 12.2 Å². The van der Waals surface area contributed by atoms with Crippen molar-refractivity contribution < 1.29 is 9.32 Å². The molecule has 0 saturated carbocycles. The minimum absolute atomic E-state index is 0.175. The maximum Gasteiger partial charge on any atom is 0.273 e. The summed E-state index contributed by atoms with van der Waals surface area (Å²) in [4.78, 5) is 14.5. The van der Waals surface area contributed by atoms with Crippen molar-refractivity contribution in [1.29, 1.82) is 0 Å². The highest BCUT2D eigenvalue weighted by atomic mass is 16.5. The number of anilines is 1. The fourth-order valence-corrected chi connectivity index (χ4v) is 2.91. The zero-order valence-corrected chi connectivity index (χ0v) is 13.7. The zero-order valence-electron chi connectivity index (χ0n) is 13.7. The van der Waals surface area contributed by atoms with Gasteiger partial charge in [-0.25, -0.2) is 0 Å². The Morgan fingerprint density at radius 1 is 1.39 bits per heavy atom. The summed E-state index contributed by atoms with van der Waals surface area (Å²) < 4.78 is 5.17. The third-order valence-electron chi connectivity index (χ3n) is 4.20. The van der Waals surface area contributed by atoms with E-state index in [1.165, 1.54) is 11.3 Å². The average molecular weight is 313 g/mol. The Labute approximate surface area is 136 Å². The predicted molar refractivity (Wildman–Crippen MR) is 89.9 cm³/mol. The van der Waals surface area contributed by atoms with Crippen LogP contribution in [0.1, 0.15) is 48.0 Å². The van der Waals surface area contributed by atoms with Gasteiger partial charge in [0.1, 0.15) is 5.76 Å². The second-order valence-corrected chi connectivity index (χ2v) is 6.24. The molecule has 23 heavy (non-hydrogen) atoms. The Morgan fingerprint density at radius 2 is 2.22 bits per heavy atom. The SMILES string of the molecule is CC(C)c1cc(C(=O)NCCN2CCCc3ccccc32)no1. The van der Waals surface area contributed by atoms with Gasteiger partial charge >= 0.3 is 0 Å². The molecule has 1 aliphatic heterocycles. The van der Waals surface area contributed by atoms with Crippen LogP contribution in [0.3, 0.4) is 0 Å². The zero-order chi connectivity index (χ0) is 16.2. The van der Waals surface area contributed by atoms with E-state index in [4.69, 9.17) is 4.52 Å². The summed E-state index contributed by atoms with van der Waals surface area (Å²) >= 11 is 0. The van der Waals surface area contributed by atoms with E-state index in [9.17, 15) is 4.79 Å². The Bertz CT molecular complexity index is 678. The number of rotatable bonds is 5. The first-order valence-electron chi connectivity index (χ1n) is 8.23. The monoisotopic (exact) mass is 313 g/mol. The molecule has 1 aromatic carbocycles. The van der Waals surface area contributed by atoms with Crippen LogP contribution in [-0.4, -0.2) is 30.7 Å². The molecule has 3 rings (SSSR count). The summed E-state index contributed by atoms with van der Waals surface area (Å²) in [6.45, 7) is 6.45. The molecule has 2 heterocycles. The van der Waals surface area contributed by atoms with Crippen LogP contribution in [0.15, 0.2) is 34.9 Å². The summed E-state index contributed by atoms with van der Waals surface area (Å²) in [6, 6.07) is 10.2. The van der Waals surface area contributed by atoms with Crippen molar-refractivity contribution in [2.24, 2.45) is 0 Å². The summed E-state index contributed by atoms with van der Waals surface area (Å²) in [6.07, 6.45) is 2.29. The second kappa shape index (κ2) is 6.86. The molecule has 0 radical (unpaired) electrons. The predicted octanol–water partition coefficient (Wildman–Crippen LogP) is 2.98. The first-order valence-corrected chi connectivity index (χ1v) is 8.23. The van der Waals surface area contributed by atoms with E-state index in [1.807, 2.05) is 13.8 Å². The molecule has 1 N–H and O–H groups in total. The lowest BCUT2D eigenvalue weighted by molar-refractivity contribution is 0.0945. The molecule has 0 aliphatic carbocycles. The first-order chi connectivity index (χ1) is 11.1. The molecule has 1 aliphatic rings. The van der Waals surface area contributed by atoms with Crippen LogP contribution in [0.2, 0.25) is 0 Å². The number of aryl methyl sites for hydroxylation is 1. The maximum atomic E-state index is 12.1. The molecular weight excluding hydrogens is 290 g/mol. The number of nitrogens with one attached hydrogen (secondary N) is 1. The standard InChI is InChI=1S/C18H23N3O2/c1-13(2)17-12-15(20-23-17)18(22)19-9-11-21-10-5-7-14-6-3-4-8-16(14)21/h3-4,6,8,12-13H,5,7,9-11H2,1-2H3,(H,19,22). The molecular formula is C18H23N3O2. The average Bonchev–Trinajstić information content (AvgIpc) is 3.05. The van der Waals surface area contributed by atoms with E-state index >= 15 is 0 Å². The van der Waals surface area contributed by atoms with Gasteiger partial charge < -0.3 is 14.7 Å². The van der Waals surface area contributed by atoms with Crippen molar-refractivity contribution in [1.82, 2.24) is 10.5 Å². The number of fused-ring (bicyclic) bond motifs is 1. The Morgan fingerprint density at radius 3 is 3.00 bits per heavy atom. The fraction of sp³-hybridized carbons (Fsp3) is 0.444. The number of aromatic nitrogens is 1. The largest absolute Gasteiger partial charge is 0.370 e. The topological polar surface area (TPSA) is 58.4 Å². The molecule has 0 unspecified atom stereocenters. The van der Waals surface area contributed by atoms with Crippen LogP contribution in [-0.2, 0) is 6.42 Å². The maximum absolute atomic E-state index is 12.1. The van der Waals surface area contributed by atoms with Crippen molar-refractivity contribution >= 4 is 11.6 Å². The van der Waals surface area contributed by atoms with Crippen LogP contribution in [0.25, 0.3) is 0 Å². The lowest BCUT2D eigenvalue weighted by Gasteiger charge is -2.31. The van der Waals surface area contributed by atoms with Crippen molar-refractivity contribution in [3.8, 4) is 0 Å². The van der Waals surface area contributed by atoms with Crippen molar-refractivity contribution in [3.05, 3.63) is 47.3 Å². The minimum atomic E-state index is -0.175. The molecule has 1 amide bonds. The van der Waals surface area contributed by atoms with Gasteiger partial charge in [0.25, 0.3) is 5.91 Å². The molecule has 5 heteroatoms. The van der Waals surface area contributed by atoms with Gasteiger partial charge in [-0.3, -0.25) is 4.79 Å². The number of carbonyl (C=O) groups excluding carboxylic acids is 1. The normalized spacial score (nSPS) is 14.0. The van der Waals surface area contributed by atoms with Gasteiger partial charge in [0.15, 0.2) is 5.69 Å². The number of carbonyl (C=O) groups is 1. The van der Waals surface area contributed by atoms with Crippen molar-refractivity contribution in [2.75, 3.05) is 24.5 Å². The van der Waals surface area contributed by atoms with E-state index in [-0.39, 0.29) is 11.8 Å². The van der Waals surface area contributed by atoms with Crippen LogP contribution in [0.5, 0.6) is 0 Å². The van der Waals surface area contributed by atoms with Gasteiger partial charge in [-0.15, -0.1) is 0 Å². The second-order valence-electron chi connectivity index (χ2n) is 6.24. The summed E-state index contributed by atoms with van der Waals surface area (Å²) in [5.74, 6) is 0.792. The smallest absolute Gasteiger partial charge is 0.273 e. The first kappa shape index (κ1) is 15.6. The summed E-state index contributed by atoms with van der Waals surface area (Å²) in [5.41, 5.74) is 3.03. The quantitative estimate of drug-likeness (QED) is 0.922. The highest BCUT2D eigenvalue weighted by molar-refractivity contribution is 5.92.